The van der Waals surface area contributed by atoms with Crippen LogP contribution < -0.4 is 0 Å². The Kier molecular flexibility index (Phi) is 4.39. The van der Waals surface area contributed by atoms with Crippen LogP contribution in [-0.4, -0.2) is 4.57 Å². The molecule has 144 valence electrons. The van der Waals surface area contributed by atoms with Gasteiger partial charge in [0, 0.05) is 35.1 Å². The van der Waals surface area contributed by atoms with Crippen molar-refractivity contribution in [1.29, 1.82) is 0 Å². The van der Waals surface area contributed by atoms with Crippen molar-refractivity contribution in [2.75, 3.05) is 0 Å². The molecule has 4 aromatic rings. The molecule has 0 saturated carbocycles. The van der Waals surface area contributed by atoms with Gasteiger partial charge in [-0.2, -0.15) is 0 Å². The number of para-hydroxylation sites is 1. The molecule has 5 rings (SSSR count). The lowest BCUT2D eigenvalue weighted by Crippen LogP contribution is -2.31. The zero-order valence-electron chi connectivity index (χ0n) is 17.2. The van der Waals surface area contributed by atoms with E-state index in [0.29, 0.717) is 5.92 Å². The van der Waals surface area contributed by atoms with Gasteiger partial charge in [-0.05, 0) is 23.6 Å². The number of rotatable bonds is 4. The molecule has 1 heteroatoms. The van der Waals surface area contributed by atoms with E-state index in [1.165, 1.54) is 46.1 Å². The van der Waals surface area contributed by atoms with Crippen LogP contribution in [0.1, 0.15) is 48.1 Å². The van der Waals surface area contributed by atoms with Crippen LogP contribution in [0.5, 0.6) is 0 Å². The lowest BCUT2D eigenvalue weighted by Gasteiger charge is -2.38. The van der Waals surface area contributed by atoms with Gasteiger partial charge in [-0.15, -0.1) is 0 Å². The van der Waals surface area contributed by atoms with E-state index in [1.807, 2.05) is 0 Å². The van der Waals surface area contributed by atoms with Gasteiger partial charge in [-0.25, -0.2) is 0 Å². The Morgan fingerprint density at radius 3 is 2.00 bits per heavy atom. The van der Waals surface area contributed by atoms with Crippen molar-refractivity contribution in [3.05, 3.63) is 119 Å². The number of fused-ring (bicyclic) bond motifs is 3. The molecule has 29 heavy (non-hydrogen) atoms. The van der Waals surface area contributed by atoms with Crippen LogP contribution in [0, 0.1) is 0 Å². The molecule has 0 saturated heterocycles. The zero-order chi connectivity index (χ0) is 19.8. The van der Waals surface area contributed by atoms with E-state index in [2.05, 4.69) is 116 Å². The van der Waals surface area contributed by atoms with Crippen molar-refractivity contribution in [3.8, 4) is 0 Å². The Hall–Kier alpha value is -3.06. The van der Waals surface area contributed by atoms with Crippen molar-refractivity contribution in [3.63, 3.8) is 0 Å². The van der Waals surface area contributed by atoms with Crippen LogP contribution in [-0.2, 0) is 12.5 Å². The fraction of sp³-hybridized carbons (Fsp3) is 0.214. The molecule has 1 unspecified atom stereocenters. The maximum Gasteiger partial charge on any atom is 0.0656 e. The van der Waals surface area contributed by atoms with Gasteiger partial charge in [0.1, 0.15) is 0 Å². The van der Waals surface area contributed by atoms with Gasteiger partial charge in [0.25, 0.3) is 0 Å². The van der Waals surface area contributed by atoms with Crippen LogP contribution in [0.15, 0.2) is 97.1 Å². The normalized spacial score (nSPS) is 17.4. The summed E-state index contributed by atoms with van der Waals surface area (Å²) in [7, 11) is 2.24. The van der Waals surface area contributed by atoms with Gasteiger partial charge < -0.3 is 4.57 Å². The first-order valence-corrected chi connectivity index (χ1v) is 10.7. The van der Waals surface area contributed by atoms with E-state index in [-0.39, 0.29) is 5.41 Å². The number of benzene rings is 3. The maximum atomic E-state index is 2.48. The Balaban J connectivity index is 1.94. The Bertz CT molecular complexity index is 1130. The smallest absolute Gasteiger partial charge is 0.0656 e. The highest BCUT2D eigenvalue weighted by Gasteiger charge is 2.42. The average molecular weight is 378 g/mol. The van der Waals surface area contributed by atoms with Crippen LogP contribution in [0.2, 0.25) is 0 Å². The second-order valence-corrected chi connectivity index (χ2v) is 8.13. The first-order valence-electron chi connectivity index (χ1n) is 10.7. The summed E-state index contributed by atoms with van der Waals surface area (Å²) in [5.74, 6) is 0.452. The Morgan fingerprint density at radius 2 is 1.38 bits per heavy atom. The average Bonchev–Trinajstić information content (AvgIpc) is 3.09. The topological polar surface area (TPSA) is 4.93 Å². The second-order valence-electron chi connectivity index (χ2n) is 8.13. The number of hydrogen-bond donors (Lipinski definition) is 0. The number of hydrogen-bond acceptors (Lipinski definition) is 0. The van der Waals surface area contributed by atoms with Crippen LogP contribution in [0.25, 0.3) is 10.9 Å². The van der Waals surface area contributed by atoms with Crippen molar-refractivity contribution in [2.24, 2.45) is 7.05 Å². The molecule has 0 bridgehead atoms. The SMILES string of the molecule is CCCC1C=CC(c2ccccc2)(c2ccccc2)c2c1n(C)c1ccccc21. The third-order valence-corrected chi connectivity index (χ3v) is 6.53. The minimum Gasteiger partial charge on any atom is -0.347 e. The molecule has 1 heterocycles. The molecule has 1 aromatic heterocycles. The summed E-state index contributed by atoms with van der Waals surface area (Å²) in [6, 6.07) is 30.9. The molecular formula is C28H27N. The Labute approximate surface area is 173 Å². The fourth-order valence-corrected chi connectivity index (χ4v) is 5.29. The quantitative estimate of drug-likeness (QED) is 0.339. The fourth-order valence-electron chi connectivity index (χ4n) is 5.29. The van der Waals surface area contributed by atoms with Crippen molar-refractivity contribution < 1.29 is 0 Å². The summed E-state index contributed by atoms with van der Waals surface area (Å²) >= 11 is 0. The van der Waals surface area contributed by atoms with E-state index in [4.69, 9.17) is 0 Å². The molecule has 1 atom stereocenters. The van der Waals surface area contributed by atoms with E-state index in [1.54, 1.807) is 0 Å². The van der Waals surface area contributed by atoms with Crippen LogP contribution in [0.3, 0.4) is 0 Å². The number of nitrogens with zero attached hydrogens (tertiary/aromatic N) is 1. The van der Waals surface area contributed by atoms with Crippen molar-refractivity contribution in [2.45, 2.75) is 31.1 Å². The summed E-state index contributed by atoms with van der Waals surface area (Å²) in [6.45, 7) is 2.28. The number of aryl methyl sites for hydroxylation is 1. The standard InChI is InChI=1S/C28H27N/c1-3-12-21-19-20-28(22-13-6-4-7-14-22,23-15-8-5-9-16-23)26-24-17-10-11-18-25(24)29(2)27(21)26/h4-11,13-21H,3,12H2,1-2H3. The summed E-state index contributed by atoms with van der Waals surface area (Å²) in [5.41, 5.74) is 6.61. The molecule has 0 spiro atoms. The highest BCUT2D eigenvalue weighted by molar-refractivity contribution is 5.90. The van der Waals surface area contributed by atoms with Crippen molar-refractivity contribution in [1.82, 2.24) is 4.57 Å². The summed E-state index contributed by atoms with van der Waals surface area (Å²) in [6.07, 6.45) is 7.30. The summed E-state index contributed by atoms with van der Waals surface area (Å²) in [5, 5.41) is 1.36. The molecule has 0 fully saturated rings. The van der Waals surface area contributed by atoms with Crippen molar-refractivity contribution >= 4 is 10.9 Å². The van der Waals surface area contributed by atoms with E-state index < -0.39 is 0 Å². The number of allylic oxidation sites excluding steroid dienone is 2. The highest BCUT2D eigenvalue weighted by atomic mass is 15.0. The summed E-state index contributed by atoms with van der Waals surface area (Å²) < 4.78 is 2.44. The lowest BCUT2D eigenvalue weighted by molar-refractivity contribution is 0.620. The van der Waals surface area contributed by atoms with Gasteiger partial charge in [0.15, 0.2) is 0 Å². The van der Waals surface area contributed by atoms with E-state index in [9.17, 15) is 0 Å². The third-order valence-electron chi connectivity index (χ3n) is 6.53. The zero-order valence-corrected chi connectivity index (χ0v) is 17.2. The first kappa shape index (κ1) is 18.0. The maximum absolute atomic E-state index is 2.48. The molecular weight excluding hydrogens is 350 g/mol. The van der Waals surface area contributed by atoms with Gasteiger partial charge in [0.05, 0.1) is 5.41 Å². The molecule has 0 amide bonds. The molecule has 0 N–H and O–H groups in total. The molecule has 1 aliphatic rings. The Morgan fingerprint density at radius 1 is 0.793 bits per heavy atom. The molecule has 0 radical (unpaired) electrons. The molecule has 3 aromatic carbocycles. The van der Waals surface area contributed by atoms with Gasteiger partial charge in [0.2, 0.25) is 0 Å². The minimum atomic E-state index is -0.275. The molecule has 1 nitrogen and oxygen atoms in total. The first-order chi connectivity index (χ1) is 14.3. The second kappa shape index (κ2) is 7.08. The van der Waals surface area contributed by atoms with Gasteiger partial charge >= 0.3 is 0 Å². The minimum absolute atomic E-state index is 0.275. The monoisotopic (exact) mass is 377 g/mol. The van der Waals surface area contributed by atoms with Crippen LogP contribution >= 0.6 is 0 Å². The number of aromatic nitrogens is 1. The van der Waals surface area contributed by atoms with Gasteiger partial charge in [-0.1, -0.05) is 104 Å². The van der Waals surface area contributed by atoms with Gasteiger partial charge in [-0.3, -0.25) is 0 Å². The van der Waals surface area contributed by atoms with E-state index >= 15 is 0 Å². The predicted molar refractivity (Wildman–Crippen MR) is 122 cm³/mol. The lowest BCUT2D eigenvalue weighted by atomic mass is 9.64. The largest absolute Gasteiger partial charge is 0.347 e. The highest BCUT2D eigenvalue weighted by Crippen LogP contribution is 2.51. The molecule has 0 aliphatic heterocycles. The predicted octanol–water partition coefficient (Wildman–Crippen LogP) is 6.97. The van der Waals surface area contributed by atoms with Crippen LogP contribution in [0.4, 0.5) is 0 Å². The molecule has 1 aliphatic carbocycles. The summed E-state index contributed by atoms with van der Waals surface area (Å²) in [4.78, 5) is 0. The third kappa shape index (κ3) is 2.61. The van der Waals surface area contributed by atoms with E-state index in [0.717, 1.165) is 0 Å².